The van der Waals surface area contributed by atoms with Crippen LogP contribution in [0.15, 0.2) is 59.2 Å². The average Bonchev–Trinajstić information content (AvgIpc) is 2.48. The molecule has 0 unspecified atom stereocenters. The molecular formula is C16H10BrNO3. The Bertz CT molecular complexity index is 833. The van der Waals surface area contributed by atoms with Crippen molar-refractivity contribution in [3.63, 3.8) is 0 Å². The van der Waals surface area contributed by atoms with Crippen LogP contribution in [0, 0.1) is 0 Å². The molecule has 0 saturated heterocycles. The number of halogens is 1. The summed E-state index contributed by atoms with van der Waals surface area (Å²) in [5.41, 5.74) is -0.0442. The molecule has 4 nitrogen and oxygen atoms in total. The van der Waals surface area contributed by atoms with Gasteiger partial charge in [0.25, 0.3) is 0 Å². The molecule has 1 N–H and O–H groups in total. The highest BCUT2D eigenvalue weighted by Gasteiger charge is 2.06. The molecule has 5 heteroatoms. The molecule has 3 aromatic rings. The van der Waals surface area contributed by atoms with E-state index in [4.69, 9.17) is 9.84 Å². The maximum absolute atomic E-state index is 10.9. The molecule has 0 aliphatic rings. The van der Waals surface area contributed by atoms with Gasteiger partial charge in [-0.05, 0) is 41.1 Å². The number of aromatic nitrogens is 1. The SMILES string of the molecule is O=C(O)c1cc(Oc2ccc3cc(Br)ccc3c2)ccn1. The standard InChI is InChI=1S/C16H10BrNO3/c17-12-3-1-11-8-13(4-2-10(11)7-12)21-14-5-6-18-15(9-14)16(19)20/h1-9H,(H,19,20). The van der Waals surface area contributed by atoms with E-state index < -0.39 is 5.97 Å². The molecule has 0 aliphatic carbocycles. The van der Waals surface area contributed by atoms with Gasteiger partial charge in [-0.2, -0.15) is 0 Å². The van der Waals surface area contributed by atoms with E-state index in [1.807, 2.05) is 36.4 Å². The van der Waals surface area contributed by atoms with E-state index in [0.717, 1.165) is 15.2 Å². The average molecular weight is 344 g/mol. The second-order valence-electron chi connectivity index (χ2n) is 4.44. The molecule has 0 fully saturated rings. The summed E-state index contributed by atoms with van der Waals surface area (Å²) >= 11 is 3.43. The van der Waals surface area contributed by atoms with Crippen LogP contribution in [0.3, 0.4) is 0 Å². The van der Waals surface area contributed by atoms with E-state index in [-0.39, 0.29) is 5.69 Å². The van der Waals surface area contributed by atoms with Gasteiger partial charge in [-0.1, -0.05) is 28.1 Å². The Morgan fingerprint density at radius 3 is 2.52 bits per heavy atom. The molecular weight excluding hydrogens is 334 g/mol. The highest BCUT2D eigenvalue weighted by atomic mass is 79.9. The third-order valence-electron chi connectivity index (χ3n) is 2.96. The van der Waals surface area contributed by atoms with E-state index >= 15 is 0 Å². The molecule has 1 aromatic heterocycles. The van der Waals surface area contributed by atoms with Crippen LogP contribution in [0.4, 0.5) is 0 Å². The first kappa shape index (κ1) is 13.6. The quantitative estimate of drug-likeness (QED) is 0.761. The third-order valence-corrected chi connectivity index (χ3v) is 3.45. The van der Waals surface area contributed by atoms with Gasteiger partial charge in [-0.25, -0.2) is 9.78 Å². The lowest BCUT2D eigenvalue weighted by atomic mass is 10.1. The Morgan fingerprint density at radius 1 is 1.00 bits per heavy atom. The molecule has 0 radical (unpaired) electrons. The predicted octanol–water partition coefficient (Wildman–Crippen LogP) is 4.49. The zero-order valence-electron chi connectivity index (χ0n) is 10.8. The molecule has 0 bridgehead atoms. The Labute approximate surface area is 129 Å². The van der Waals surface area contributed by atoms with Gasteiger partial charge in [0.05, 0.1) is 0 Å². The van der Waals surface area contributed by atoms with Crippen LogP contribution in [-0.4, -0.2) is 16.1 Å². The van der Waals surface area contributed by atoms with Gasteiger partial charge in [0.1, 0.15) is 11.5 Å². The lowest BCUT2D eigenvalue weighted by Gasteiger charge is -2.07. The highest BCUT2D eigenvalue weighted by Crippen LogP contribution is 2.27. The second-order valence-corrected chi connectivity index (χ2v) is 5.35. The number of fused-ring (bicyclic) bond motifs is 1. The van der Waals surface area contributed by atoms with E-state index in [9.17, 15) is 4.79 Å². The van der Waals surface area contributed by atoms with Gasteiger partial charge in [-0.15, -0.1) is 0 Å². The Morgan fingerprint density at radius 2 is 1.71 bits per heavy atom. The fourth-order valence-electron chi connectivity index (χ4n) is 1.99. The maximum atomic E-state index is 10.9. The van der Waals surface area contributed by atoms with Crippen molar-refractivity contribution in [2.45, 2.75) is 0 Å². The monoisotopic (exact) mass is 343 g/mol. The van der Waals surface area contributed by atoms with Crippen molar-refractivity contribution in [1.29, 1.82) is 0 Å². The second kappa shape index (κ2) is 5.54. The molecule has 0 spiro atoms. The van der Waals surface area contributed by atoms with Crippen LogP contribution in [0.25, 0.3) is 10.8 Å². The topological polar surface area (TPSA) is 59.4 Å². The summed E-state index contributed by atoms with van der Waals surface area (Å²) in [6, 6.07) is 14.7. The van der Waals surface area contributed by atoms with Gasteiger partial charge in [0, 0.05) is 16.7 Å². The molecule has 3 rings (SSSR count). The molecule has 1 heterocycles. The van der Waals surface area contributed by atoms with Crippen molar-refractivity contribution in [2.24, 2.45) is 0 Å². The van der Waals surface area contributed by atoms with Gasteiger partial charge >= 0.3 is 5.97 Å². The molecule has 0 saturated carbocycles. The van der Waals surface area contributed by atoms with Crippen LogP contribution in [0.5, 0.6) is 11.5 Å². The lowest BCUT2D eigenvalue weighted by molar-refractivity contribution is 0.0690. The molecule has 2 aromatic carbocycles. The fourth-order valence-corrected chi connectivity index (χ4v) is 2.36. The number of carboxylic acid groups (broad SMARTS) is 1. The summed E-state index contributed by atoms with van der Waals surface area (Å²) in [4.78, 5) is 14.6. The zero-order valence-corrected chi connectivity index (χ0v) is 12.4. The molecule has 0 aliphatic heterocycles. The predicted molar refractivity (Wildman–Crippen MR) is 82.9 cm³/mol. The van der Waals surface area contributed by atoms with Gasteiger partial charge in [0.15, 0.2) is 5.69 Å². The van der Waals surface area contributed by atoms with Crippen molar-refractivity contribution in [3.8, 4) is 11.5 Å². The maximum Gasteiger partial charge on any atom is 0.354 e. The van der Waals surface area contributed by atoms with Crippen LogP contribution >= 0.6 is 15.9 Å². The third kappa shape index (κ3) is 3.03. The number of hydrogen-bond donors (Lipinski definition) is 1. The fraction of sp³-hybridized carbons (Fsp3) is 0. The summed E-state index contributed by atoms with van der Waals surface area (Å²) in [5, 5.41) is 11.1. The zero-order chi connectivity index (χ0) is 14.8. The van der Waals surface area contributed by atoms with Crippen molar-refractivity contribution >= 4 is 32.7 Å². The Balaban J connectivity index is 1.92. The van der Waals surface area contributed by atoms with Crippen LogP contribution in [0.1, 0.15) is 10.5 Å². The molecule has 104 valence electrons. The van der Waals surface area contributed by atoms with Crippen LogP contribution < -0.4 is 4.74 Å². The van der Waals surface area contributed by atoms with Crippen molar-refractivity contribution in [2.75, 3.05) is 0 Å². The number of ether oxygens (including phenoxy) is 1. The minimum atomic E-state index is -1.08. The minimum Gasteiger partial charge on any atom is -0.477 e. The summed E-state index contributed by atoms with van der Waals surface area (Å²) in [6.07, 6.45) is 1.41. The summed E-state index contributed by atoms with van der Waals surface area (Å²) in [5.74, 6) is 0.00929. The van der Waals surface area contributed by atoms with Gasteiger partial charge in [-0.3, -0.25) is 0 Å². The number of hydrogen-bond acceptors (Lipinski definition) is 3. The Hall–Kier alpha value is -2.40. The number of carboxylic acids is 1. The number of rotatable bonds is 3. The highest BCUT2D eigenvalue weighted by molar-refractivity contribution is 9.10. The first-order chi connectivity index (χ1) is 10.1. The first-order valence-corrected chi connectivity index (χ1v) is 6.98. The number of nitrogens with zero attached hydrogens (tertiary/aromatic N) is 1. The smallest absolute Gasteiger partial charge is 0.354 e. The van der Waals surface area contributed by atoms with Crippen molar-refractivity contribution in [1.82, 2.24) is 4.98 Å². The number of pyridine rings is 1. The van der Waals surface area contributed by atoms with Gasteiger partial charge < -0.3 is 9.84 Å². The van der Waals surface area contributed by atoms with Crippen LogP contribution in [0.2, 0.25) is 0 Å². The van der Waals surface area contributed by atoms with Crippen LogP contribution in [-0.2, 0) is 0 Å². The summed E-state index contributed by atoms with van der Waals surface area (Å²) in [7, 11) is 0. The number of aromatic carboxylic acids is 1. The molecule has 0 atom stereocenters. The van der Waals surface area contributed by atoms with Crippen molar-refractivity contribution in [3.05, 3.63) is 64.9 Å². The van der Waals surface area contributed by atoms with E-state index in [1.54, 1.807) is 6.07 Å². The van der Waals surface area contributed by atoms with E-state index in [2.05, 4.69) is 20.9 Å². The molecule has 21 heavy (non-hydrogen) atoms. The molecule has 0 amide bonds. The largest absolute Gasteiger partial charge is 0.477 e. The van der Waals surface area contributed by atoms with Gasteiger partial charge in [0.2, 0.25) is 0 Å². The Kier molecular flexibility index (Phi) is 3.58. The number of benzene rings is 2. The van der Waals surface area contributed by atoms with E-state index in [1.165, 1.54) is 12.3 Å². The lowest BCUT2D eigenvalue weighted by Crippen LogP contribution is -1.99. The minimum absolute atomic E-state index is 0.0442. The van der Waals surface area contributed by atoms with E-state index in [0.29, 0.717) is 11.5 Å². The first-order valence-electron chi connectivity index (χ1n) is 6.18. The number of carbonyl (C=O) groups is 1. The summed E-state index contributed by atoms with van der Waals surface area (Å²) in [6.45, 7) is 0. The normalized spacial score (nSPS) is 10.5. The summed E-state index contributed by atoms with van der Waals surface area (Å²) < 4.78 is 6.71. The van der Waals surface area contributed by atoms with Crippen molar-refractivity contribution < 1.29 is 14.6 Å².